The summed E-state index contributed by atoms with van der Waals surface area (Å²) in [4.78, 5) is 25.9. The van der Waals surface area contributed by atoms with Gasteiger partial charge in [-0.1, -0.05) is 6.07 Å². The summed E-state index contributed by atoms with van der Waals surface area (Å²) < 4.78 is 23.2. The second-order valence-electron chi connectivity index (χ2n) is 5.95. The minimum atomic E-state index is -3.37. The van der Waals surface area contributed by atoms with Gasteiger partial charge >= 0.3 is 0 Å². The van der Waals surface area contributed by atoms with Crippen LogP contribution in [0.3, 0.4) is 0 Å². The van der Waals surface area contributed by atoms with Gasteiger partial charge in [0.25, 0.3) is 5.91 Å². The van der Waals surface area contributed by atoms with Gasteiger partial charge in [-0.3, -0.25) is 9.59 Å². The van der Waals surface area contributed by atoms with Crippen molar-refractivity contribution in [1.29, 1.82) is 0 Å². The fourth-order valence-corrected chi connectivity index (χ4v) is 3.38. The number of nitrogens with one attached hydrogen (secondary N) is 1. The number of rotatable bonds is 4. The Morgan fingerprint density at radius 2 is 1.84 bits per heavy atom. The molecule has 1 saturated heterocycles. The monoisotopic (exact) mass is 358 g/mol. The molecular formula is C18H18N2O4S. The Morgan fingerprint density at radius 1 is 1.12 bits per heavy atom. The first-order valence-corrected chi connectivity index (χ1v) is 9.76. The zero-order valence-corrected chi connectivity index (χ0v) is 14.5. The number of hydrogen-bond acceptors (Lipinski definition) is 4. The van der Waals surface area contributed by atoms with E-state index in [2.05, 4.69) is 5.32 Å². The summed E-state index contributed by atoms with van der Waals surface area (Å²) in [6.07, 6.45) is 2.52. The number of amides is 2. The highest BCUT2D eigenvalue weighted by atomic mass is 32.2. The quantitative estimate of drug-likeness (QED) is 0.910. The molecule has 0 spiro atoms. The molecule has 2 amide bonds. The van der Waals surface area contributed by atoms with Gasteiger partial charge in [-0.05, 0) is 48.9 Å². The SMILES string of the molecule is CS(=O)(=O)c1cccc(C(=O)Nc2ccc(N3CCCC3=O)cc2)c1. The molecule has 7 heteroatoms. The van der Waals surface area contributed by atoms with E-state index in [1.54, 1.807) is 35.2 Å². The molecule has 25 heavy (non-hydrogen) atoms. The lowest BCUT2D eigenvalue weighted by molar-refractivity contribution is -0.117. The van der Waals surface area contributed by atoms with Crippen molar-refractivity contribution >= 4 is 33.0 Å². The van der Waals surface area contributed by atoms with Crippen LogP contribution < -0.4 is 10.2 Å². The van der Waals surface area contributed by atoms with E-state index in [1.807, 2.05) is 0 Å². The van der Waals surface area contributed by atoms with Gasteiger partial charge < -0.3 is 10.2 Å². The number of benzene rings is 2. The fraction of sp³-hybridized carbons (Fsp3) is 0.222. The van der Waals surface area contributed by atoms with Crippen LogP contribution in [0.4, 0.5) is 11.4 Å². The van der Waals surface area contributed by atoms with Crippen LogP contribution in [0.1, 0.15) is 23.2 Å². The lowest BCUT2D eigenvalue weighted by Crippen LogP contribution is -2.23. The van der Waals surface area contributed by atoms with Gasteiger partial charge in [0.2, 0.25) is 5.91 Å². The molecule has 0 radical (unpaired) electrons. The predicted octanol–water partition coefficient (Wildman–Crippen LogP) is 2.47. The number of hydrogen-bond donors (Lipinski definition) is 1. The molecule has 1 fully saturated rings. The number of sulfone groups is 1. The first-order valence-electron chi connectivity index (χ1n) is 7.86. The topological polar surface area (TPSA) is 83.6 Å². The molecule has 0 aliphatic carbocycles. The number of carbonyl (C=O) groups excluding carboxylic acids is 2. The molecule has 1 N–H and O–H groups in total. The maximum absolute atomic E-state index is 12.3. The van der Waals surface area contributed by atoms with Crippen molar-refractivity contribution in [2.24, 2.45) is 0 Å². The highest BCUT2D eigenvalue weighted by Crippen LogP contribution is 2.23. The van der Waals surface area contributed by atoms with Crippen molar-refractivity contribution in [1.82, 2.24) is 0 Å². The van der Waals surface area contributed by atoms with Crippen molar-refractivity contribution in [2.75, 3.05) is 23.0 Å². The van der Waals surface area contributed by atoms with Gasteiger partial charge in [0.05, 0.1) is 4.90 Å². The third-order valence-electron chi connectivity index (χ3n) is 4.03. The van der Waals surface area contributed by atoms with E-state index in [9.17, 15) is 18.0 Å². The van der Waals surface area contributed by atoms with Crippen LogP contribution in [-0.4, -0.2) is 33.0 Å². The standard InChI is InChI=1S/C18H18N2O4S/c1-25(23,24)16-5-2-4-13(12-16)18(22)19-14-7-9-15(10-8-14)20-11-3-6-17(20)21/h2,4-5,7-10,12H,3,6,11H2,1H3,(H,19,22). The van der Waals surface area contributed by atoms with Gasteiger partial charge in [-0.15, -0.1) is 0 Å². The summed E-state index contributed by atoms with van der Waals surface area (Å²) in [6, 6.07) is 12.9. The Balaban J connectivity index is 1.74. The molecule has 0 saturated carbocycles. The largest absolute Gasteiger partial charge is 0.322 e. The average Bonchev–Trinajstić information content (AvgIpc) is 3.01. The van der Waals surface area contributed by atoms with Gasteiger partial charge in [-0.2, -0.15) is 0 Å². The van der Waals surface area contributed by atoms with Crippen LogP contribution in [0.25, 0.3) is 0 Å². The minimum absolute atomic E-state index is 0.100. The van der Waals surface area contributed by atoms with E-state index in [0.29, 0.717) is 18.7 Å². The molecule has 1 aliphatic rings. The molecule has 130 valence electrons. The van der Waals surface area contributed by atoms with Crippen LogP contribution in [0, 0.1) is 0 Å². The van der Waals surface area contributed by atoms with Crippen LogP contribution in [0.15, 0.2) is 53.4 Å². The smallest absolute Gasteiger partial charge is 0.255 e. The van der Waals surface area contributed by atoms with Gasteiger partial charge in [0.15, 0.2) is 9.84 Å². The van der Waals surface area contributed by atoms with Crippen molar-refractivity contribution in [3.63, 3.8) is 0 Å². The molecule has 0 bridgehead atoms. The maximum Gasteiger partial charge on any atom is 0.255 e. The molecule has 3 rings (SSSR count). The zero-order valence-electron chi connectivity index (χ0n) is 13.7. The van der Waals surface area contributed by atoms with Gasteiger partial charge in [0, 0.05) is 36.2 Å². The Morgan fingerprint density at radius 3 is 2.44 bits per heavy atom. The molecule has 0 atom stereocenters. The third-order valence-corrected chi connectivity index (χ3v) is 5.14. The summed E-state index contributed by atoms with van der Waals surface area (Å²) in [5.74, 6) is -0.287. The number of carbonyl (C=O) groups is 2. The fourth-order valence-electron chi connectivity index (χ4n) is 2.72. The minimum Gasteiger partial charge on any atom is -0.322 e. The van der Waals surface area contributed by atoms with Gasteiger partial charge in [-0.25, -0.2) is 8.42 Å². The lowest BCUT2D eigenvalue weighted by Gasteiger charge is -2.16. The second kappa shape index (κ2) is 6.68. The Labute approximate surface area is 146 Å². The molecule has 0 unspecified atom stereocenters. The van der Waals surface area contributed by atoms with Crippen molar-refractivity contribution in [2.45, 2.75) is 17.7 Å². The summed E-state index contributed by atoms with van der Waals surface area (Å²) in [5, 5.41) is 2.73. The molecule has 2 aromatic rings. The number of nitrogens with zero attached hydrogens (tertiary/aromatic N) is 1. The van der Waals surface area contributed by atoms with E-state index in [0.717, 1.165) is 18.4 Å². The Hall–Kier alpha value is -2.67. The lowest BCUT2D eigenvalue weighted by atomic mass is 10.2. The van der Waals surface area contributed by atoms with Crippen molar-refractivity contribution in [3.8, 4) is 0 Å². The van der Waals surface area contributed by atoms with Crippen molar-refractivity contribution in [3.05, 3.63) is 54.1 Å². The Bertz CT molecular complexity index is 920. The van der Waals surface area contributed by atoms with E-state index >= 15 is 0 Å². The zero-order chi connectivity index (χ0) is 18.0. The van der Waals surface area contributed by atoms with Crippen LogP contribution in [0.5, 0.6) is 0 Å². The van der Waals surface area contributed by atoms with E-state index in [1.165, 1.54) is 18.2 Å². The highest BCUT2D eigenvalue weighted by Gasteiger charge is 2.21. The molecule has 1 aliphatic heterocycles. The van der Waals surface area contributed by atoms with E-state index < -0.39 is 15.7 Å². The first kappa shape index (κ1) is 17.2. The van der Waals surface area contributed by atoms with Crippen LogP contribution in [-0.2, 0) is 14.6 Å². The van der Waals surface area contributed by atoms with Gasteiger partial charge in [0.1, 0.15) is 0 Å². The molecule has 6 nitrogen and oxygen atoms in total. The normalized spacial score (nSPS) is 14.6. The molecule has 2 aromatic carbocycles. The number of anilines is 2. The summed E-state index contributed by atoms with van der Waals surface area (Å²) in [5.41, 5.74) is 1.64. The Kier molecular flexibility index (Phi) is 4.59. The first-order chi connectivity index (χ1) is 11.8. The predicted molar refractivity (Wildman–Crippen MR) is 95.5 cm³/mol. The molecule has 0 aromatic heterocycles. The maximum atomic E-state index is 12.3. The highest BCUT2D eigenvalue weighted by molar-refractivity contribution is 7.90. The summed E-state index contributed by atoms with van der Waals surface area (Å²) in [7, 11) is -3.37. The summed E-state index contributed by atoms with van der Waals surface area (Å²) in [6.45, 7) is 0.711. The average molecular weight is 358 g/mol. The third kappa shape index (κ3) is 3.88. The van der Waals surface area contributed by atoms with Crippen molar-refractivity contribution < 1.29 is 18.0 Å². The van der Waals surface area contributed by atoms with Crippen LogP contribution in [0.2, 0.25) is 0 Å². The summed E-state index contributed by atoms with van der Waals surface area (Å²) >= 11 is 0. The molecule has 1 heterocycles. The second-order valence-corrected chi connectivity index (χ2v) is 7.97. The molecular weight excluding hydrogens is 340 g/mol. The van der Waals surface area contributed by atoms with E-state index in [-0.39, 0.29) is 16.4 Å². The van der Waals surface area contributed by atoms with E-state index in [4.69, 9.17) is 0 Å². The van der Waals surface area contributed by atoms with Crippen LogP contribution >= 0.6 is 0 Å².